The molecule has 1 aliphatic heterocycles. The fourth-order valence-electron chi connectivity index (χ4n) is 5.93. The lowest BCUT2D eigenvalue weighted by Gasteiger charge is -2.49. The fraction of sp³-hybridized carbons (Fsp3) is 0.667. The summed E-state index contributed by atoms with van der Waals surface area (Å²) >= 11 is 0. The summed E-state index contributed by atoms with van der Waals surface area (Å²) in [5.41, 5.74) is 1.18. The van der Waals surface area contributed by atoms with E-state index in [2.05, 4.69) is 0 Å². The third-order valence-corrected chi connectivity index (χ3v) is 7.69. The Kier molecular flexibility index (Phi) is 3.55. The van der Waals surface area contributed by atoms with Crippen LogP contribution in [0.15, 0.2) is 18.2 Å². The van der Waals surface area contributed by atoms with Gasteiger partial charge in [-0.05, 0) is 67.1 Å². The Morgan fingerprint density at radius 3 is 2.65 bits per heavy atom. The van der Waals surface area contributed by atoms with E-state index in [4.69, 9.17) is 0 Å². The summed E-state index contributed by atoms with van der Waals surface area (Å²) in [7, 11) is 0. The monoisotopic (exact) mass is 359 g/mol. The molecule has 140 valence electrons. The van der Waals surface area contributed by atoms with Gasteiger partial charge in [0.1, 0.15) is 5.82 Å². The zero-order chi connectivity index (χ0) is 18.2. The lowest BCUT2D eigenvalue weighted by atomic mass is 9.55. The van der Waals surface area contributed by atoms with Crippen LogP contribution in [0.3, 0.4) is 0 Å². The minimum atomic E-state index is -0.413. The summed E-state index contributed by atoms with van der Waals surface area (Å²) in [6.45, 7) is 2.57. The molecule has 0 radical (unpaired) electrons. The molecule has 5 heteroatoms. The van der Waals surface area contributed by atoms with Crippen molar-refractivity contribution in [3.8, 4) is 0 Å². The van der Waals surface area contributed by atoms with Gasteiger partial charge in [-0.25, -0.2) is 4.39 Å². The number of β-amino-alcohol motifs (C(OH)–C–C–N with tert-alkyl or cyclic N) is 1. The second-order valence-corrected chi connectivity index (χ2v) is 9.06. The minimum absolute atomic E-state index is 0.0572. The van der Waals surface area contributed by atoms with Crippen molar-refractivity contribution in [2.45, 2.75) is 50.2 Å². The summed E-state index contributed by atoms with van der Waals surface area (Å²) in [5, 5.41) is 20.2. The van der Waals surface area contributed by atoms with Gasteiger partial charge in [-0.2, -0.15) is 0 Å². The van der Waals surface area contributed by atoms with Gasteiger partial charge < -0.3 is 15.1 Å². The molecule has 4 unspecified atom stereocenters. The second-order valence-electron chi connectivity index (χ2n) is 9.06. The van der Waals surface area contributed by atoms with Gasteiger partial charge >= 0.3 is 0 Å². The van der Waals surface area contributed by atoms with Crippen molar-refractivity contribution in [3.05, 3.63) is 35.1 Å². The third-order valence-electron chi connectivity index (χ3n) is 7.69. The number of halogens is 1. The van der Waals surface area contributed by atoms with Crippen LogP contribution in [0, 0.1) is 36.4 Å². The van der Waals surface area contributed by atoms with Crippen molar-refractivity contribution in [2.24, 2.45) is 23.7 Å². The van der Waals surface area contributed by atoms with Crippen LogP contribution >= 0.6 is 0 Å². The van der Waals surface area contributed by atoms with Crippen LogP contribution in [0.25, 0.3) is 0 Å². The van der Waals surface area contributed by atoms with E-state index < -0.39 is 6.10 Å². The van der Waals surface area contributed by atoms with E-state index >= 15 is 0 Å². The Morgan fingerprint density at radius 2 is 2.00 bits per heavy atom. The second kappa shape index (κ2) is 5.52. The number of hydrogen-bond donors (Lipinski definition) is 2. The molecule has 1 aromatic carbocycles. The van der Waals surface area contributed by atoms with E-state index in [1.807, 2.05) is 12.1 Å². The summed E-state index contributed by atoms with van der Waals surface area (Å²) in [5.74, 6) is 1.01. The van der Waals surface area contributed by atoms with Crippen LogP contribution in [0.2, 0.25) is 0 Å². The smallest absolute Gasteiger partial charge is 0.223 e. The molecule has 0 spiro atoms. The highest BCUT2D eigenvalue weighted by Gasteiger charge is 2.67. The van der Waals surface area contributed by atoms with Gasteiger partial charge in [-0.15, -0.1) is 0 Å². The lowest BCUT2D eigenvalue weighted by Crippen LogP contribution is -2.56. The Bertz CT molecular complexity index is 756. The van der Waals surface area contributed by atoms with E-state index in [0.717, 1.165) is 24.8 Å². The first kappa shape index (κ1) is 16.7. The summed E-state index contributed by atoms with van der Waals surface area (Å²) in [6, 6.07) is 5.45. The number of carbonyl (C=O) groups is 1. The molecular formula is C21H26FNO3. The van der Waals surface area contributed by atoms with Gasteiger partial charge in [-0.1, -0.05) is 12.1 Å². The summed E-state index contributed by atoms with van der Waals surface area (Å²) in [6.07, 6.45) is 2.48. The molecule has 1 aromatic rings. The van der Waals surface area contributed by atoms with Crippen molar-refractivity contribution >= 4 is 5.91 Å². The SMILES string of the molecule is Cc1ccc(C2(CC(=O)N3CC(O)C3)C3CC(C3)C(O)C3CC32)cc1F. The first-order valence-corrected chi connectivity index (χ1v) is 9.80. The van der Waals surface area contributed by atoms with Crippen molar-refractivity contribution in [2.75, 3.05) is 13.1 Å². The zero-order valence-electron chi connectivity index (χ0n) is 15.1. The number of likely N-dealkylation sites (tertiary alicyclic amines) is 1. The van der Waals surface area contributed by atoms with Crippen molar-refractivity contribution < 1.29 is 19.4 Å². The molecule has 5 fully saturated rings. The van der Waals surface area contributed by atoms with Crippen LogP contribution in [0.5, 0.6) is 0 Å². The Labute approximate surface area is 153 Å². The van der Waals surface area contributed by atoms with Gasteiger partial charge in [0.15, 0.2) is 0 Å². The van der Waals surface area contributed by atoms with Gasteiger partial charge in [0, 0.05) is 24.9 Å². The molecule has 5 aliphatic rings. The van der Waals surface area contributed by atoms with E-state index in [0.29, 0.717) is 36.9 Å². The Morgan fingerprint density at radius 1 is 1.27 bits per heavy atom. The van der Waals surface area contributed by atoms with Crippen LogP contribution in [0.1, 0.15) is 36.8 Å². The molecule has 1 heterocycles. The Balaban J connectivity index is 1.54. The number of benzene rings is 1. The number of aliphatic hydroxyl groups excluding tert-OH is 2. The molecular weight excluding hydrogens is 333 g/mol. The van der Waals surface area contributed by atoms with Gasteiger partial charge in [0.25, 0.3) is 0 Å². The maximum atomic E-state index is 14.4. The number of hydrogen-bond acceptors (Lipinski definition) is 3. The first-order valence-electron chi connectivity index (χ1n) is 9.80. The molecule has 4 atom stereocenters. The molecule has 0 aromatic heterocycles. The van der Waals surface area contributed by atoms with Crippen molar-refractivity contribution in [3.63, 3.8) is 0 Å². The van der Waals surface area contributed by atoms with E-state index in [9.17, 15) is 19.4 Å². The third kappa shape index (κ3) is 2.23. The Hall–Kier alpha value is -1.46. The van der Waals surface area contributed by atoms with E-state index in [1.54, 1.807) is 17.9 Å². The van der Waals surface area contributed by atoms with E-state index in [-0.39, 0.29) is 35.1 Å². The molecule has 4 nitrogen and oxygen atoms in total. The average Bonchev–Trinajstić information content (AvgIpc) is 3.33. The van der Waals surface area contributed by atoms with E-state index in [1.165, 1.54) is 0 Å². The normalized spacial score (nSPS) is 40.9. The van der Waals surface area contributed by atoms with Crippen LogP contribution in [0.4, 0.5) is 4.39 Å². The van der Waals surface area contributed by atoms with Gasteiger partial charge in [0.2, 0.25) is 5.91 Å². The minimum Gasteiger partial charge on any atom is -0.393 e. The largest absolute Gasteiger partial charge is 0.393 e. The van der Waals surface area contributed by atoms with Crippen molar-refractivity contribution in [1.82, 2.24) is 4.90 Å². The van der Waals surface area contributed by atoms with Gasteiger partial charge in [0.05, 0.1) is 12.2 Å². The number of nitrogens with zero attached hydrogens (tertiary/aromatic N) is 1. The maximum absolute atomic E-state index is 14.4. The fourth-order valence-corrected chi connectivity index (χ4v) is 5.93. The first-order chi connectivity index (χ1) is 12.4. The highest BCUT2D eigenvalue weighted by Crippen LogP contribution is 2.68. The summed E-state index contributed by atoms with van der Waals surface area (Å²) in [4.78, 5) is 14.7. The molecule has 2 N–H and O–H groups in total. The quantitative estimate of drug-likeness (QED) is 0.868. The van der Waals surface area contributed by atoms with Gasteiger partial charge in [-0.3, -0.25) is 4.79 Å². The molecule has 4 saturated carbocycles. The zero-order valence-corrected chi connectivity index (χ0v) is 15.1. The number of carbonyl (C=O) groups excluding carboxylic acids is 1. The predicted octanol–water partition coefficient (Wildman–Crippen LogP) is 2.00. The average molecular weight is 359 g/mol. The molecule has 1 saturated heterocycles. The molecule has 26 heavy (non-hydrogen) atoms. The van der Waals surface area contributed by atoms with Crippen LogP contribution < -0.4 is 0 Å². The molecule has 2 bridgehead atoms. The molecule has 4 aliphatic carbocycles. The van der Waals surface area contributed by atoms with Crippen LogP contribution in [-0.2, 0) is 10.2 Å². The number of aryl methyl sites for hydroxylation is 1. The number of rotatable bonds is 3. The predicted molar refractivity (Wildman–Crippen MR) is 93.8 cm³/mol. The standard InChI is InChI=1S/C21H26FNO3/c1-11-2-3-13(6-18(11)22)21(8-19(25)23-9-15(24)10-23)14-4-12(5-14)20(26)16-7-17(16)21/h2-3,6,12,14-17,20,24,26H,4-5,7-10H2,1H3. The number of aliphatic hydroxyl groups is 2. The lowest BCUT2D eigenvalue weighted by molar-refractivity contribution is -0.144. The van der Waals surface area contributed by atoms with Crippen LogP contribution in [-0.4, -0.2) is 46.3 Å². The highest BCUT2D eigenvalue weighted by molar-refractivity contribution is 5.79. The topological polar surface area (TPSA) is 60.8 Å². The summed E-state index contributed by atoms with van der Waals surface area (Å²) < 4.78 is 14.4. The highest BCUT2D eigenvalue weighted by atomic mass is 19.1. The van der Waals surface area contributed by atoms with Crippen molar-refractivity contribution in [1.29, 1.82) is 0 Å². The maximum Gasteiger partial charge on any atom is 0.223 e. The molecule has 1 amide bonds. The number of amides is 1. The molecule has 6 rings (SSSR count).